The molecule has 1 fully saturated rings. The van der Waals surface area contributed by atoms with Gasteiger partial charge in [0.05, 0.1) is 0 Å². The second-order valence-corrected chi connectivity index (χ2v) is 6.19. The Hall–Kier alpha value is -1.96. The number of rotatable bonds is 6. The molecule has 0 bridgehead atoms. The highest BCUT2D eigenvalue weighted by molar-refractivity contribution is 5.89. The molecule has 0 unspecified atom stereocenters. The van der Waals surface area contributed by atoms with Crippen LogP contribution in [-0.4, -0.2) is 43.5 Å². The van der Waals surface area contributed by atoms with Gasteiger partial charge in [-0.2, -0.15) is 0 Å². The molecule has 0 atom stereocenters. The number of benzene rings is 1. The third kappa shape index (κ3) is 7.21. The lowest BCUT2D eigenvalue weighted by Crippen LogP contribution is -2.40. The molecule has 5 nitrogen and oxygen atoms in total. The minimum Gasteiger partial charge on any atom is -0.406 e. The third-order valence-electron chi connectivity index (χ3n) is 4.14. The third-order valence-corrected chi connectivity index (χ3v) is 4.14. The summed E-state index contributed by atoms with van der Waals surface area (Å²) in [5.74, 6) is 0.138. The van der Waals surface area contributed by atoms with Crippen molar-refractivity contribution in [1.82, 2.24) is 10.2 Å². The van der Waals surface area contributed by atoms with Crippen LogP contribution in [0.2, 0.25) is 0 Å². The fourth-order valence-electron chi connectivity index (χ4n) is 2.88. The number of amides is 2. The Morgan fingerprint density at radius 3 is 2.44 bits per heavy atom. The van der Waals surface area contributed by atoms with E-state index in [1.54, 1.807) is 0 Å². The van der Waals surface area contributed by atoms with Crippen LogP contribution >= 0.6 is 0 Å². The van der Waals surface area contributed by atoms with Crippen molar-refractivity contribution >= 4 is 11.7 Å². The molecule has 0 spiro atoms. The minimum absolute atomic E-state index is 0.322. The van der Waals surface area contributed by atoms with Crippen LogP contribution in [0.15, 0.2) is 24.3 Å². The number of likely N-dealkylation sites (tertiary alicyclic amines) is 1. The van der Waals surface area contributed by atoms with Crippen molar-refractivity contribution in [3.63, 3.8) is 0 Å². The fourth-order valence-corrected chi connectivity index (χ4v) is 2.88. The Kier molecular flexibility index (Phi) is 6.92. The number of ether oxygens (including phenoxy) is 1. The quantitative estimate of drug-likeness (QED) is 0.812. The highest BCUT2D eigenvalue weighted by Gasteiger charge is 2.31. The first-order chi connectivity index (χ1) is 11.9. The summed E-state index contributed by atoms with van der Waals surface area (Å²) in [5, 5.41) is 5.42. The maximum Gasteiger partial charge on any atom is 0.573 e. The molecule has 1 aromatic rings. The van der Waals surface area contributed by atoms with E-state index in [2.05, 4.69) is 27.2 Å². The molecule has 1 aliphatic rings. The lowest BCUT2D eigenvalue weighted by atomic mass is 9.97. The number of piperidine rings is 1. The molecule has 0 radical (unpaired) electrons. The zero-order valence-electron chi connectivity index (χ0n) is 14.2. The SMILES string of the molecule is CCCN1CCC(CNC(=O)Nc2ccc(OC(F)(F)F)cc2)CC1. The van der Waals surface area contributed by atoms with E-state index in [-0.39, 0.29) is 11.8 Å². The predicted molar refractivity (Wildman–Crippen MR) is 89.6 cm³/mol. The summed E-state index contributed by atoms with van der Waals surface area (Å²) in [6, 6.07) is 4.69. The van der Waals surface area contributed by atoms with Gasteiger partial charge in [0, 0.05) is 12.2 Å². The van der Waals surface area contributed by atoms with Gasteiger partial charge in [-0.05, 0) is 69.1 Å². The summed E-state index contributed by atoms with van der Waals surface area (Å²) in [7, 11) is 0. The Morgan fingerprint density at radius 1 is 1.24 bits per heavy atom. The average molecular weight is 359 g/mol. The molecule has 2 N–H and O–H groups in total. The second kappa shape index (κ2) is 8.94. The van der Waals surface area contributed by atoms with E-state index in [4.69, 9.17) is 0 Å². The summed E-state index contributed by atoms with van der Waals surface area (Å²) >= 11 is 0. The molecule has 0 aliphatic carbocycles. The highest BCUT2D eigenvalue weighted by Crippen LogP contribution is 2.24. The number of urea groups is 1. The van der Waals surface area contributed by atoms with Crippen molar-refractivity contribution in [1.29, 1.82) is 0 Å². The first-order valence-corrected chi connectivity index (χ1v) is 8.48. The molecule has 1 aromatic carbocycles. The molecule has 0 aromatic heterocycles. The Bertz CT molecular complexity index is 541. The number of carbonyl (C=O) groups excluding carboxylic acids is 1. The van der Waals surface area contributed by atoms with Crippen molar-refractivity contribution < 1.29 is 22.7 Å². The summed E-state index contributed by atoms with van der Waals surface area (Å²) in [6.07, 6.45) is -1.45. The van der Waals surface area contributed by atoms with Gasteiger partial charge in [-0.15, -0.1) is 13.2 Å². The molecular formula is C17H24F3N3O2. The number of nitrogens with zero attached hydrogens (tertiary/aromatic N) is 1. The van der Waals surface area contributed by atoms with Crippen LogP contribution in [0.25, 0.3) is 0 Å². The molecule has 1 aliphatic heterocycles. The summed E-state index contributed by atoms with van der Waals surface area (Å²) < 4.78 is 40.1. The van der Waals surface area contributed by atoms with Gasteiger partial charge in [0.1, 0.15) is 5.75 Å². The van der Waals surface area contributed by atoms with Crippen LogP contribution in [-0.2, 0) is 0 Å². The van der Waals surface area contributed by atoms with Crippen LogP contribution < -0.4 is 15.4 Å². The normalized spacial score (nSPS) is 16.5. The molecule has 140 valence electrons. The summed E-state index contributed by atoms with van der Waals surface area (Å²) in [6.45, 7) is 6.00. The smallest absolute Gasteiger partial charge is 0.406 e. The van der Waals surface area contributed by atoms with Crippen LogP contribution in [0.4, 0.5) is 23.7 Å². The van der Waals surface area contributed by atoms with E-state index >= 15 is 0 Å². The van der Waals surface area contributed by atoms with Crippen molar-refractivity contribution in [3.05, 3.63) is 24.3 Å². The van der Waals surface area contributed by atoms with Crippen LogP contribution in [0, 0.1) is 5.92 Å². The number of carbonyl (C=O) groups is 1. The lowest BCUT2D eigenvalue weighted by molar-refractivity contribution is -0.274. The molecule has 1 heterocycles. The van der Waals surface area contributed by atoms with Crippen LogP contribution in [0.5, 0.6) is 5.75 Å². The van der Waals surface area contributed by atoms with E-state index in [1.165, 1.54) is 12.1 Å². The zero-order chi connectivity index (χ0) is 18.3. The lowest BCUT2D eigenvalue weighted by Gasteiger charge is -2.31. The van der Waals surface area contributed by atoms with Crippen LogP contribution in [0.1, 0.15) is 26.2 Å². The summed E-state index contributed by atoms with van der Waals surface area (Å²) in [4.78, 5) is 14.3. The van der Waals surface area contributed by atoms with Gasteiger partial charge in [-0.3, -0.25) is 0 Å². The number of alkyl halides is 3. The number of hydrogen-bond acceptors (Lipinski definition) is 3. The topological polar surface area (TPSA) is 53.6 Å². The number of hydrogen-bond donors (Lipinski definition) is 2. The zero-order valence-corrected chi connectivity index (χ0v) is 14.2. The van der Waals surface area contributed by atoms with Crippen molar-refractivity contribution in [2.75, 3.05) is 31.5 Å². The van der Waals surface area contributed by atoms with E-state index in [0.29, 0.717) is 18.2 Å². The van der Waals surface area contributed by atoms with Gasteiger partial charge in [-0.25, -0.2) is 4.79 Å². The van der Waals surface area contributed by atoms with Crippen molar-refractivity contribution in [2.24, 2.45) is 5.92 Å². The van der Waals surface area contributed by atoms with Gasteiger partial charge in [0.25, 0.3) is 0 Å². The standard InChI is InChI=1S/C17H24F3N3O2/c1-2-9-23-10-7-13(8-11-23)12-21-16(24)22-14-3-5-15(6-4-14)25-17(18,19)20/h3-6,13H,2,7-12H2,1H3,(H2,21,22,24). The van der Waals surface area contributed by atoms with Crippen molar-refractivity contribution in [3.8, 4) is 5.75 Å². The molecule has 1 saturated heterocycles. The molecular weight excluding hydrogens is 335 g/mol. The molecule has 2 amide bonds. The van der Waals surface area contributed by atoms with Gasteiger partial charge in [0.2, 0.25) is 0 Å². The van der Waals surface area contributed by atoms with Gasteiger partial charge >= 0.3 is 12.4 Å². The number of anilines is 1. The molecule has 25 heavy (non-hydrogen) atoms. The van der Waals surface area contributed by atoms with E-state index in [0.717, 1.165) is 51.0 Å². The van der Waals surface area contributed by atoms with E-state index in [9.17, 15) is 18.0 Å². The van der Waals surface area contributed by atoms with Crippen LogP contribution in [0.3, 0.4) is 0 Å². The van der Waals surface area contributed by atoms with E-state index < -0.39 is 6.36 Å². The Balaban J connectivity index is 1.70. The van der Waals surface area contributed by atoms with Gasteiger partial charge in [-0.1, -0.05) is 6.92 Å². The van der Waals surface area contributed by atoms with Crippen molar-refractivity contribution in [2.45, 2.75) is 32.5 Å². The molecule has 2 rings (SSSR count). The predicted octanol–water partition coefficient (Wildman–Crippen LogP) is 3.83. The minimum atomic E-state index is -4.72. The maximum atomic E-state index is 12.1. The fraction of sp³-hybridized carbons (Fsp3) is 0.588. The average Bonchev–Trinajstić information content (AvgIpc) is 2.55. The second-order valence-electron chi connectivity index (χ2n) is 6.19. The number of halogens is 3. The molecule has 8 heteroatoms. The molecule has 0 saturated carbocycles. The maximum absolute atomic E-state index is 12.1. The monoisotopic (exact) mass is 359 g/mol. The van der Waals surface area contributed by atoms with E-state index in [1.807, 2.05) is 0 Å². The first-order valence-electron chi connectivity index (χ1n) is 8.48. The highest BCUT2D eigenvalue weighted by atomic mass is 19.4. The largest absolute Gasteiger partial charge is 0.573 e. The van der Waals surface area contributed by atoms with Gasteiger partial charge in [0.15, 0.2) is 0 Å². The Labute approximate surface area is 145 Å². The summed E-state index contributed by atoms with van der Waals surface area (Å²) in [5.41, 5.74) is 0.407. The first kappa shape index (κ1) is 19.4. The number of nitrogens with one attached hydrogen (secondary N) is 2. The van der Waals surface area contributed by atoms with Gasteiger partial charge < -0.3 is 20.3 Å². The Morgan fingerprint density at radius 2 is 1.88 bits per heavy atom.